The van der Waals surface area contributed by atoms with Gasteiger partial charge in [-0.25, -0.2) is 4.99 Å². The van der Waals surface area contributed by atoms with E-state index in [2.05, 4.69) is 16.8 Å². The third kappa shape index (κ3) is 3.73. The number of hydrogen-bond acceptors (Lipinski definition) is 2. The Hall–Kier alpha value is -1.83. The molecule has 0 unspecified atom stereocenters. The largest absolute Gasteiger partial charge is 0.429 e. The minimum absolute atomic E-state index is 0.0590. The molecule has 0 saturated carbocycles. The average Bonchev–Trinajstić information content (AvgIpc) is 2.38. The van der Waals surface area contributed by atoms with E-state index in [1.807, 2.05) is 0 Å². The Morgan fingerprint density at radius 3 is 2.75 bits per heavy atom. The molecule has 1 aliphatic heterocycles. The number of ketones is 1. The number of halogens is 3. The topological polar surface area (TPSA) is 29.4 Å². The van der Waals surface area contributed by atoms with Gasteiger partial charge in [0.2, 0.25) is 5.78 Å². The van der Waals surface area contributed by atoms with Gasteiger partial charge in [-0.1, -0.05) is 12.2 Å². The van der Waals surface area contributed by atoms with Crippen LogP contribution in [0.25, 0.3) is 0 Å². The predicted octanol–water partition coefficient (Wildman–Crippen LogP) is 2.43. The number of nitrogens with zero attached hydrogens (tertiary/aromatic N) is 1. The molecule has 0 aromatic carbocycles. The standard InChI is InChI=1S/C11H8F3NO/c1-8(16)6-7-9-4-2-3-5-10(15-9)11(12,13)14/h2-4H,5H2,1H3. The zero-order valence-electron chi connectivity index (χ0n) is 8.43. The van der Waals surface area contributed by atoms with Crippen molar-refractivity contribution in [1.29, 1.82) is 0 Å². The highest BCUT2D eigenvalue weighted by Crippen LogP contribution is 2.22. The van der Waals surface area contributed by atoms with Crippen LogP contribution in [-0.4, -0.2) is 17.7 Å². The fourth-order valence-corrected chi connectivity index (χ4v) is 0.968. The van der Waals surface area contributed by atoms with Crippen LogP contribution in [-0.2, 0) is 4.79 Å². The molecule has 1 aliphatic rings. The first-order valence-corrected chi connectivity index (χ1v) is 4.44. The molecule has 2 nitrogen and oxygen atoms in total. The molecular weight excluding hydrogens is 219 g/mol. The van der Waals surface area contributed by atoms with Gasteiger partial charge in [0.25, 0.3) is 0 Å². The van der Waals surface area contributed by atoms with Crippen LogP contribution >= 0.6 is 0 Å². The lowest BCUT2D eigenvalue weighted by molar-refractivity contribution is -0.111. The second kappa shape index (κ2) is 4.79. The van der Waals surface area contributed by atoms with Gasteiger partial charge in [-0.15, -0.1) is 0 Å². The molecule has 0 saturated heterocycles. The van der Waals surface area contributed by atoms with Gasteiger partial charge < -0.3 is 0 Å². The highest BCUT2D eigenvalue weighted by Gasteiger charge is 2.34. The first-order valence-electron chi connectivity index (χ1n) is 4.44. The molecule has 0 atom stereocenters. The van der Waals surface area contributed by atoms with Crippen molar-refractivity contribution in [3.05, 3.63) is 23.9 Å². The van der Waals surface area contributed by atoms with E-state index in [1.54, 1.807) is 0 Å². The summed E-state index contributed by atoms with van der Waals surface area (Å²) in [5.41, 5.74) is -0.971. The number of carbonyl (C=O) groups is 1. The lowest BCUT2D eigenvalue weighted by Gasteiger charge is -2.06. The van der Waals surface area contributed by atoms with Gasteiger partial charge in [-0.3, -0.25) is 4.79 Å². The van der Waals surface area contributed by atoms with Gasteiger partial charge >= 0.3 is 6.18 Å². The summed E-state index contributed by atoms with van der Waals surface area (Å²) < 4.78 is 37.2. The summed E-state index contributed by atoms with van der Waals surface area (Å²) in [7, 11) is 0. The second-order valence-electron chi connectivity index (χ2n) is 3.05. The van der Waals surface area contributed by atoms with Gasteiger partial charge in [-0.05, 0) is 17.9 Å². The molecule has 0 bridgehead atoms. The van der Waals surface area contributed by atoms with Crippen LogP contribution in [0.2, 0.25) is 0 Å². The third-order valence-corrected chi connectivity index (χ3v) is 1.65. The number of allylic oxidation sites excluding steroid dienone is 4. The highest BCUT2D eigenvalue weighted by atomic mass is 19.4. The number of aliphatic imine (C=N–C) groups is 1. The van der Waals surface area contributed by atoms with Crippen LogP contribution < -0.4 is 0 Å². The zero-order valence-corrected chi connectivity index (χ0v) is 8.43. The van der Waals surface area contributed by atoms with Gasteiger partial charge in [0.1, 0.15) is 11.4 Å². The molecule has 0 N–H and O–H groups in total. The van der Waals surface area contributed by atoms with Gasteiger partial charge in [0, 0.05) is 13.3 Å². The second-order valence-corrected chi connectivity index (χ2v) is 3.05. The summed E-state index contributed by atoms with van der Waals surface area (Å²) in [6.45, 7) is 1.23. The lowest BCUT2D eigenvalue weighted by Crippen LogP contribution is -2.22. The molecule has 5 heteroatoms. The maximum Gasteiger partial charge on any atom is 0.429 e. The summed E-state index contributed by atoms with van der Waals surface area (Å²) in [5.74, 6) is 4.02. The van der Waals surface area contributed by atoms with Crippen molar-refractivity contribution in [2.45, 2.75) is 19.5 Å². The maximum atomic E-state index is 12.4. The van der Waals surface area contributed by atoms with E-state index in [0.29, 0.717) is 0 Å². The molecule has 0 aromatic rings. The molecule has 0 radical (unpaired) electrons. The maximum absolute atomic E-state index is 12.4. The molecule has 0 amide bonds. The highest BCUT2D eigenvalue weighted by molar-refractivity contribution is 5.95. The Labute approximate surface area is 90.6 Å². The first-order chi connectivity index (χ1) is 7.39. The van der Waals surface area contributed by atoms with Crippen molar-refractivity contribution in [3.63, 3.8) is 0 Å². The molecule has 1 heterocycles. The molecule has 0 spiro atoms. The Morgan fingerprint density at radius 1 is 1.50 bits per heavy atom. The van der Waals surface area contributed by atoms with Crippen LogP contribution in [0.4, 0.5) is 13.2 Å². The van der Waals surface area contributed by atoms with E-state index in [0.717, 1.165) is 0 Å². The summed E-state index contributed by atoms with van der Waals surface area (Å²) in [4.78, 5) is 13.9. The van der Waals surface area contributed by atoms with E-state index >= 15 is 0 Å². The third-order valence-electron chi connectivity index (χ3n) is 1.65. The summed E-state index contributed by atoms with van der Waals surface area (Å²) >= 11 is 0. The molecule has 1 rings (SSSR count). The van der Waals surface area contributed by atoms with Crippen LogP contribution in [0.3, 0.4) is 0 Å². The van der Waals surface area contributed by atoms with Gasteiger partial charge in [0.15, 0.2) is 0 Å². The number of rotatable bonds is 0. The minimum Gasteiger partial charge on any atom is -0.285 e. The van der Waals surface area contributed by atoms with E-state index in [4.69, 9.17) is 0 Å². The van der Waals surface area contributed by atoms with Crippen LogP contribution in [0.5, 0.6) is 0 Å². The van der Waals surface area contributed by atoms with Crippen molar-refractivity contribution in [1.82, 2.24) is 0 Å². The van der Waals surface area contributed by atoms with E-state index < -0.39 is 17.7 Å². The molecular formula is C11H8F3NO. The van der Waals surface area contributed by atoms with E-state index in [-0.39, 0.29) is 12.1 Å². The van der Waals surface area contributed by atoms with Crippen molar-refractivity contribution in [2.24, 2.45) is 4.99 Å². The fraction of sp³-hybridized carbons (Fsp3) is 0.273. The molecule has 0 aliphatic carbocycles. The lowest BCUT2D eigenvalue weighted by atomic mass is 10.2. The predicted molar refractivity (Wildman–Crippen MR) is 53.8 cm³/mol. The Kier molecular flexibility index (Phi) is 3.67. The number of hydrogen-bond donors (Lipinski definition) is 0. The number of Topliss-reactive ketones (excluding diaryl/α,β-unsaturated/α-hetero) is 1. The van der Waals surface area contributed by atoms with Gasteiger partial charge in [-0.2, -0.15) is 13.2 Å². The Morgan fingerprint density at radius 2 is 2.19 bits per heavy atom. The van der Waals surface area contributed by atoms with E-state index in [1.165, 1.54) is 25.2 Å². The Balaban J connectivity index is 3.03. The molecule has 84 valence electrons. The first kappa shape index (κ1) is 12.2. The molecule has 16 heavy (non-hydrogen) atoms. The van der Waals surface area contributed by atoms with Crippen LogP contribution in [0.1, 0.15) is 13.3 Å². The number of carbonyl (C=O) groups excluding carboxylic acids is 1. The van der Waals surface area contributed by atoms with Crippen molar-refractivity contribution in [3.8, 4) is 11.8 Å². The van der Waals surface area contributed by atoms with Crippen LogP contribution in [0, 0.1) is 11.8 Å². The molecule has 0 fully saturated rings. The minimum atomic E-state index is -4.47. The quantitative estimate of drug-likeness (QED) is 0.461. The van der Waals surface area contributed by atoms with Gasteiger partial charge in [0.05, 0.1) is 0 Å². The smallest absolute Gasteiger partial charge is 0.285 e. The fourth-order valence-electron chi connectivity index (χ4n) is 0.968. The number of alkyl halides is 3. The van der Waals surface area contributed by atoms with Crippen molar-refractivity contribution >= 4 is 11.5 Å². The Bertz CT molecular complexity index is 444. The zero-order chi connectivity index (χ0) is 12.2. The monoisotopic (exact) mass is 227 g/mol. The summed E-state index contributed by atoms with van der Waals surface area (Å²) in [6, 6.07) is 0. The van der Waals surface area contributed by atoms with Crippen LogP contribution in [0.15, 0.2) is 28.9 Å². The average molecular weight is 227 g/mol. The molecule has 0 aromatic heterocycles. The summed E-state index contributed by atoms with van der Waals surface area (Å²) in [5, 5.41) is 0. The van der Waals surface area contributed by atoms with E-state index in [9.17, 15) is 18.0 Å². The van der Waals surface area contributed by atoms with Crippen molar-refractivity contribution < 1.29 is 18.0 Å². The SMILES string of the molecule is CC(=O)C#CC1=CC=CCC(C(F)(F)F)=N1. The van der Waals surface area contributed by atoms with Crippen molar-refractivity contribution in [2.75, 3.05) is 0 Å². The summed E-state index contributed by atoms with van der Waals surface area (Å²) in [6.07, 6.45) is -0.632. The normalized spacial score (nSPS) is 15.5.